The van der Waals surface area contributed by atoms with Crippen LogP contribution in [0.4, 0.5) is 11.4 Å². The van der Waals surface area contributed by atoms with E-state index in [4.69, 9.17) is 34.7 Å². The van der Waals surface area contributed by atoms with Crippen LogP contribution in [0.1, 0.15) is 15.9 Å². The van der Waals surface area contributed by atoms with Crippen LogP contribution in [0.3, 0.4) is 0 Å². The van der Waals surface area contributed by atoms with Gasteiger partial charge in [0, 0.05) is 32.5 Å². The zero-order chi connectivity index (χ0) is 13.3. The molecule has 0 amide bonds. The van der Waals surface area contributed by atoms with Gasteiger partial charge in [0.05, 0.1) is 0 Å². The molecule has 0 aliphatic rings. The quantitative estimate of drug-likeness (QED) is 0.654. The van der Waals surface area contributed by atoms with Gasteiger partial charge in [-0.25, -0.2) is 0 Å². The molecule has 0 bridgehead atoms. The van der Waals surface area contributed by atoms with E-state index in [1.54, 1.807) is 24.3 Å². The number of benzene rings is 2. The Labute approximate surface area is 114 Å². The average Bonchev–Trinajstić information content (AvgIpc) is 2.28. The second kappa shape index (κ2) is 4.88. The summed E-state index contributed by atoms with van der Waals surface area (Å²) in [6.45, 7) is 0. The molecule has 0 radical (unpaired) electrons. The second-order valence-corrected chi connectivity index (χ2v) is 4.67. The first kappa shape index (κ1) is 12.7. The normalized spacial score (nSPS) is 10.3. The first-order valence-electron chi connectivity index (χ1n) is 5.14. The maximum atomic E-state index is 12.3. The highest BCUT2D eigenvalue weighted by atomic mass is 35.5. The van der Waals surface area contributed by atoms with E-state index < -0.39 is 0 Å². The monoisotopic (exact) mass is 280 g/mol. The number of ketones is 1. The lowest BCUT2D eigenvalue weighted by atomic mass is 10.0. The van der Waals surface area contributed by atoms with Crippen molar-refractivity contribution in [3.05, 3.63) is 57.6 Å². The summed E-state index contributed by atoms with van der Waals surface area (Å²) in [6, 6.07) is 9.43. The Balaban J connectivity index is 2.48. The Morgan fingerprint density at radius 3 is 1.56 bits per heavy atom. The van der Waals surface area contributed by atoms with Crippen molar-refractivity contribution in [2.75, 3.05) is 11.5 Å². The summed E-state index contributed by atoms with van der Waals surface area (Å²) in [5.74, 6) is -0.252. The third kappa shape index (κ3) is 2.42. The van der Waals surface area contributed by atoms with Gasteiger partial charge in [-0.2, -0.15) is 0 Å². The molecule has 2 aromatic carbocycles. The fourth-order valence-corrected chi connectivity index (χ4v) is 1.99. The molecular weight excluding hydrogens is 271 g/mol. The molecule has 3 nitrogen and oxygen atoms in total. The minimum atomic E-state index is -0.252. The number of hydrogen-bond acceptors (Lipinski definition) is 3. The largest absolute Gasteiger partial charge is 0.398 e. The Bertz CT molecular complexity index is 573. The average molecular weight is 281 g/mol. The van der Waals surface area contributed by atoms with E-state index in [1.165, 1.54) is 12.1 Å². The van der Waals surface area contributed by atoms with E-state index in [1.807, 2.05) is 0 Å². The zero-order valence-corrected chi connectivity index (χ0v) is 10.8. The van der Waals surface area contributed by atoms with Crippen LogP contribution in [0.25, 0.3) is 0 Å². The van der Waals surface area contributed by atoms with E-state index in [0.717, 1.165) is 0 Å². The van der Waals surface area contributed by atoms with Crippen molar-refractivity contribution >= 4 is 40.4 Å². The third-order valence-electron chi connectivity index (χ3n) is 2.52. The maximum Gasteiger partial charge on any atom is 0.197 e. The van der Waals surface area contributed by atoms with Gasteiger partial charge in [0.2, 0.25) is 0 Å². The Kier molecular flexibility index (Phi) is 3.45. The number of nitrogen functional groups attached to an aromatic ring is 2. The number of carbonyl (C=O) groups excluding carboxylic acids is 1. The summed E-state index contributed by atoms with van der Waals surface area (Å²) >= 11 is 11.6. The number of halogens is 2. The van der Waals surface area contributed by atoms with Crippen LogP contribution in [0.2, 0.25) is 10.0 Å². The molecule has 18 heavy (non-hydrogen) atoms. The molecule has 5 heteroatoms. The van der Waals surface area contributed by atoms with Crippen molar-refractivity contribution < 1.29 is 4.79 Å². The summed E-state index contributed by atoms with van der Waals surface area (Å²) in [5.41, 5.74) is 12.9. The van der Waals surface area contributed by atoms with Crippen LogP contribution in [0.5, 0.6) is 0 Å². The maximum absolute atomic E-state index is 12.3. The van der Waals surface area contributed by atoms with E-state index in [2.05, 4.69) is 0 Å². The van der Waals surface area contributed by atoms with Crippen molar-refractivity contribution in [2.45, 2.75) is 0 Å². The Hall–Kier alpha value is -1.71. The number of anilines is 2. The minimum absolute atomic E-state index is 0.252. The summed E-state index contributed by atoms with van der Waals surface area (Å²) < 4.78 is 0. The van der Waals surface area contributed by atoms with E-state index in [9.17, 15) is 4.79 Å². The van der Waals surface area contributed by atoms with Crippen LogP contribution in [-0.4, -0.2) is 5.78 Å². The second-order valence-electron chi connectivity index (χ2n) is 3.79. The Morgan fingerprint density at radius 1 is 0.833 bits per heavy atom. The van der Waals surface area contributed by atoms with Gasteiger partial charge in [-0.05, 0) is 36.4 Å². The van der Waals surface area contributed by atoms with Crippen LogP contribution in [0.15, 0.2) is 36.4 Å². The molecule has 0 fully saturated rings. The SMILES string of the molecule is Nc1cc(Cl)ccc1C(=O)c1ccc(Cl)cc1N. The predicted molar refractivity (Wildman–Crippen MR) is 75.2 cm³/mol. The lowest BCUT2D eigenvalue weighted by Gasteiger charge is -2.08. The smallest absolute Gasteiger partial charge is 0.197 e. The summed E-state index contributed by atoms with van der Waals surface area (Å²) in [4.78, 5) is 12.3. The highest BCUT2D eigenvalue weighted by molar-refractivity contribution is 6.32. The molecule has 0 saturated carbocycles. The van der Waals surface area contributed by atoms with Crippen molar-refractivity contribution in [3.8, 4) is 0 Å². The molecule has 4 N–H and O–H groups in total. The summed E-state index contributed by atoms with van der Waals surface area (Å²) in [5, 5.41) is 0.959. The summed E-state index contributed by atoms with van der Waals surface area (Å²) in [7, 11) is 0. The molecule has 92 valence electrons. The van der Waals surface area contributed by atoms with Crippen LogP contribution in [0, 0.1) is 0 Å². The topological polar surface area (TPSA) is 69.1 Å². The van der Waals surface area contributed by atoms with Crippen molar-refractivity contribution in [2.24, 2.45) is 0 Å². The standard InChI is InChI=1S/C13H10Cl2N2O/c14-7-1-3-9(11(16)5-7)13(18)10-4-2-8(15)6-12(10)17/h1-6H,16-17H2. The van der Waals surface area contributed by atoms with Gasteiger partial charge < -0.3 is 11.5 Å². The fraction of sp³-hybridized carbons (Fsp3) is 0. The molecule has 0 unspecified atom stereocenters. The van der Waals surface area contributed by atoms with E-state index in [-0.39, 0.29) is 5.78 Å². The van der Waals surface area contributed by atoms with Crippen LogP contribution < -0.4 is 11.5 Å². The molecule has 0 aliphatic carbocycles. The van der Waals surface area contributed by atoms with Crippen LogP contribution in [-0.2, 0) is 0 Å². The number of rotatable bonds is 2. The molecule has 0 heterocycles. The Morgan fingerprint density at radius 2 is 1.22 bits per heavy atom. The molecular formula is C13H10Cl2N2O. The first-order valence-corrected chi connectivity index (χ1v) is 5.89. The molecule has 0 spiro atoms. The number of hydrogen-bond donors (Lipinski definition) is 2. The lowest BCUT2D eigenvalue weighted by molar-refractivity contribution is 0.104. The minimum Gasteiger partial charge on any atom is -0.398 e. The van der Waals surface area contributed by atoms with E-state index in [0.29, 0.717) is 32.5 Å². The lowest BCUT2D eigenvalue weighted by Crippen LogP contribution is -2.08. The van der Waals surface area contributed by atoms with Gasteiger partial charge in [0.25, 0.3) is 0 Å². The molecule has 0 saturated heterocycles. The summed E-state index contributed by atoms with van der Waals surface area (Å²) in [6.07, 6.45) is 0. The van der Waals surface area contributed by atoms with Gasteiger partial charge in [0.15, 0.2) is 5.78 Å². The third-order valence-corrected chi connectivity index (χ3v) is 2.99. The number of nitrogens with two attached hydrogens (primary N) is 2. The van der Waals surface area contributed by atoms with Crippen molar-refractivity contribution in [3.63, 3.8) is 0 Å². The van der Waals surface area contributed by atoms with Crippen molar-refractivity contribution in [1.29, 1.82) is 0 Å². The van der Waals surface area contributed by atoms with Crippen LogP contribution >= 0.6 is 23.2 Å². The first-order chi connectivity index (χ1) is 8.49. The van der Waals surface area contributed by atoms with Gasteiger partial charge >= 0.3 is 0 Å². The number of carbonyl (C=O) groups is 1. The predicted octanol–water partition coefficient (Wildman–Crippen LogP) is 3.39. The molecule has 0 aliphatic heterocycles. The zero-order valence-electron chi connectivity index (χ0n) is 9.28. The fourth-order valence-electron chi connectivity index (χ4n) is 1.63. The van der Waals surface area contributed by atoms with E-state index >= 15 is 0 Å². The molecule has 0 atom stereocenters. The van der Waals surface area contributed by atoms with Gasteiger partial charge in [-0.1, -0.05) is 23.2 Å². The van der Waals surface area contributed by atoms with Gasteiger partial charge in [0.1, 0.15) is 0 Å². The van der Waals surface area contributed by atoms with Gasteiger partial charge in [-0.15, -0.1) is 0 Å². The van der Waals surface area contributed by atoms with Crippen molar-refractivity contribution in [1.82, 2.24) is 0 Å². The van der Waals surface area contributed by atoms with Gasteiger partial charge in [-0.3, -0.25) is 4.79 Å². The highest BCUT2D eigenvalue weighted by Crippen LogP contribution is 2.25. The molecule has 2 rings (SSSR count). The molecule has 2 aromatic rings. The highest BCUT2D eigenvalue weighted by Gasteiger charge is 2.15. The molecule has 0 aromatic heterocycles.